The van der Waals surface area contributed by atoms with E-state index in [2.05, 4.69) is 10.9 Å². The highest BCUT2D eigenvalue weighted by Crippen LogP contribution is 2.31. The Labute approximate surface area is 194 Å². The largest absolute Gasteiger partial charge is 0.273 e. The summed E-state index contributed by atoms with van der Waals surface area (Å²) >= 11 is 5.81. The molecule has 2 aromatic carbocycles. The summed E-state index contributed by atoms with van der Waals surface area (Å²) < 4.78 is 28.2. The quantitative estimate of drug-likeness (QED) is 0.659. The minimum Gasteiger partial charge on any atom is -0.273 e. The van der Waals surface area contributed by atoms with Crippen molar-refractivity contribution in [3.8, 4) is 0 Å². The molecular formula is C23H28ClN3O4S. The van der Waals surface area contributed by atoms with Gasteiger partial charge in [0.15, 0.2) is 0 Å². The van der Waals surface area contributed by atoms with Crippen LogP contribution in [0.2, 0.25) is 5.02 Å². The average Bonchev–Trinajstić information content (AvgIpc) is 2.76. The second kappa shape index (κ2) is 9.60. The first kappa shape index (κ1) is 24.2. The Morgan fingerprint density at radius 2 is 1.47 bits per heavy atom. The molecule has 1 saturated heterocycles. The van der Waals surface area contributed by atoms with Crippen molar-refractivity contribution in [1.29, 1.82) is 0 Å². The first-order chi connectivity index (χ1) is 15.0. The number of hydrazine groups is 1. The van der Waals surface area contributed by atoms with Crippen LogP contribution in [0, 0.1) is 33.6 Å². The maximum absolute atomic E-state index is 13.4. The lowest BCUT2D eigenvalue weighted by molar-refractivity contribution is -0.126. The van der Waals surface area contributed by atoms with Crippen molar-refractivity contribution < 1.29 is 18.0 Å². The smallest absolute Gasteiger partial charge is 0.269 e. The number of halogens is 1. The van der Waals surface area contributed by atoms with Gasteiger partial charge in [0.2, 0.25) is 15.9 Å². The zero-order valence-electron chi connectivity index (χ0n) is 18.7. The van der Waals surface area contributed by atoms with E-state index in [-0.39, 0.29) is 24.9 Å². The van der Waals surface area contributed by atoms with E-state index >= 15 is 0 Å². The molecule has 1 fully saturated rings. The van der Waals surface area contributed by atoms with Crippen molar-refractivity contribution in [2.24, 2.45) is 5.92 Å². The van der Waals surface area contributed by atoms with Gasteiger partial charge in [-0.3, -0.25) is 20.4 Å². The van der Waals surface area contributed by atoms with Gasteiger partial charge in [0.05, 0.1) is 4.90 Å². The predicted octanol–water partition coefficient (Wildman–Crippen LogP) is 3.44. The monoisotopic (exact) mass is 477 g/mol. The topological polar surface area (TPSA) is 95.6 Å². The number of benzene rings is 2. The van der Waals surface area contributed by atoms with Crippen molar-refractivity contribution in [3.63, 3.8) is 0 Å². The molecule has 1 heterocycles. The van der Waals surface area contributed by atoms with E-state index in [1.165, 1.54) is 4.31 Å². The van der Waals surface area contributed by atoms with E-state index in [1.54, 1.807) is 24.3 Å². The number of carbonyl (C=O) groups excluding carboxylic acids is 2. The van der Waals surface area contributed by atoms with Crippen molar-refractivity contribution >= 4 is 33.4 Å². The second-order valence-corrected chi connectivity index (χ2v) is 10.5. The Morgan fingerprint density at radius 3 is 2.00 bits per heavy atom. The van der Waals surface area contributed by atoms with E-state index in [1.807, 2.05) is 33.8 Å². The van der Waals surface area contributed by atoms with Gasteiger partial charge in [-0.25, -0.2) is 8.42 Å². The molecule has 32 heavy (non-hydrogen) atoms. The molecule has 0 radical (unpaired) electrons. The van der Waals surface area contributed by atoms with E-state index in [9.17, 15) is 18.0 Å². The van der Waals surface area contributed by atoms with Crippen LogP contribution in [0.25, 0.3) is 0 Å². The van der Waals surface area contributed by atoms with Gasteiger partial charge >= 0.3 is 0 Å². The van der Waals surface area contributed by atoms with Crippen molar-refractivity contribution in [2.45, 2.75) is 45.4 Å². The number of piperidine rings is 1. The van der Waals surface area contributed by atoms with Gasteiger partial charge in [-0.2, -0.15) is 4.31 Å². The molecule has 2 amide bonds. The molecule has 0 bridgehead atoms. The molecule has 9 heteroatoms. The first-order valence-corrected chi connectivity index (χ1v) is 12.3. The number of hydrogen-bond acceptors (Lipinski definition) is 4. The number of aryl methyl sites for hydroxylation is 2. The molecule has 2 aromatic rings. The van der Waals surface area contributed by atoms with E-state index < -0.39 is 15.9 Å². The molecule has 0 aliphatic carbocycles. The molecule has 0 saturated carbocycles. The first-order valence-electron chi connectivity index (χ1n) is 10.5. The highest BCUT2D eigenvalue weighted by atomic mass is 35.5. The van der Waals surface area contributed by atoms with Crippen LogP contribution in [0.4, 0.5) is 0 Å². The minimum absolute atomic E-state index is 0.247. The van der Waals surface area contributed by atoms with Crippen molar-refractivity contribution in [2.75, 3.05) is 13.1 Å². The third-order valence-corrected chi connectivity index (χ3v) is 8.55. The fourth-order valence-corrected chi connectivity index (χ4v) is 6.12. The summed E-state index contributed by atoms with van der Waals surface area (Å²) in [7, 11) is -3.66. The summed E-state index contributed by atoms with van der Waals surface area (Å²) in [6, 6.07) is 8.30. The Morgan fingerprint density at radius 1 is 0.938 bits per heavy atom. The van der Waals surface area contributed by atoms with Crippen LogP contribution in [0.3, 0.4) is 0 Å². The number of amides is 2. The third-order valence-electron chi connectivity index (χ3n) is 6.13. The molecule has 0 unspecified atom stereocenters. The fourth-order valence-electron chi connectivity index (χ4n) is 3.95. The summed E-state index contributed by atoms with van der Waals surface area (Å²) in [6.45, 7) is 7.98. The molecule has 1 aliphatic rings. The highest BCUT2D eigenvalue weighted by molar-refractivity contribution is 7.89. The van der Waals surface area contributed by atoms with Crippen LogP contribution in [-0.4, -0.2) is 37.6 Å². The Balaban J connectivity index is 1.62. The highest BCUT2D eigenvalue weighted by Gasteiger charge is 2.34. The predicted molar refractivity (Wildman–Crippen MR) is 124 cm³/mol. The molecular weight excluding hydrogens is 450 g/mol. The summed E-state index contributed by atoms with van der Waals surface area (Å²) in [5.74, 6) is -1.16. The maximum Gasteiger partial charge on any atom is 0.269 e. The third kappa shape index (κ3) is 4.98. The van der Waals surface area contributed by atoms with Crippen molar-refractivity contribution in [1.82, 2.24) is 15.2 Å². The number of rotatable bonds is 4. The summed E-state index contributed by atoms with van der Waals surface area (Å²) in [4.78, 5) is 25.0. The van der Waals surface area contributed by atoms with E-state index in [0.29, 0.717) is 28.3 Å². The fraction of sp³-hybridized carbons (Fsp3) is 0.391. The lowest BCUT2D eigenvalue weighted by atomic mass is 9.98. The zero-order valence-corrected chi connectivity index (χ0v) is 20.2. The van der Waals surface area contributed by atoms with Crippen LogP contribution < -0.4 is 10.9 Å². The normalized spacial score (nSPS) is 15.4. The Bertz CT molecular complexity index is 1110. The minimum atomic E-state index is -3.66. The van der Waals surface area contributed by atoms with Gasteiger partial charge in [-0.15, -0.1) is 0 Å². The number of hydrogen-bond donors (Lipinski definition) is 2. The lowest BCUT2D eigenvalue weighted by Crippen LogP contribution is -2.48. The van der Waals surface area contributed by atoms with Gasteiger partial charge in [-0.05, 0) is 87.1 Å². The van der Waals surface area contributed by atoms with Gasteiger partial charge in [0, 0.05) is 29.6 Å². The number of nitrogens with zero attached hydrogens (tertiary/aromatic N) is 1. The molecule has 0 atom stereocenters. The molecule has 2 N–H and O–H groups in total. The maximum atomic E-state index is 13.4. The summed E-state index contributed by atoms with van der Waals surface area (Å²) in [6.07, 6.45) is 0.759. The Hall–Kier alpha value is -2.42. The summed E-state index contributed by atoms with van der Waals surface area (Å²) in [5.41, 5.74) is 8.62. The van der Waals surface area contributed by atoms with Crippen LogP contribution in [-0.2, 0) is 14.8 Å². The van der Waals surface area contributed by atoms with Gasteiger partial charge in [0.25, 0.3) is 5.91 Å². The molecule has 3 rings (SSSR count). The molecule has 0 spiro atoms. The van der Waals surface area contributed by atoms with E-state index in [4.69, 9.17) is 11.6 Å². The SMILES string of the molecule is Cc1cc(C)c(C)c(S(=O)(=O)N2CCC(C(=O)NNC(=O)c3ccc(Cl)cc3)CC2)c1C. The van der Waals surface area contributed by atoms with E-state index in [0.717, 1.165) is 22.3 Å². The van der Waals surface area contributed by atoms with Crippen molar-refractivity contribution in [3.05, 3.63) is 63.2 Å². The molecule has 1 aliphatic heterocycles. The molecule has 7 nitrogen and oxygen atoms in total. The van der Waals surface area contributed by atoms with Gasteiger partial charge in [0.1, 0.15) is 0 Å². The van der Waals surface area contributed by atoms with Crippen LogP contribution in [0.5, 0.6) is 0 Å². The lowest BCUT2D eigenvalue weighted by Gasteiger charge is -2.31. The number of carbonyl (C=O) groups is 2. The Kier molecular flexibility index (Phi) is 7.27. The van der Waals surface area contributed by atoms with Crippen LogP contribution >= 0.6 is 11.6 Å². The van der Waals surface area contributed by atoms with Gasteiger partial charge < -0.3 is 0 Å². The zero-order chi connectivity index (χ0) is 23.6. The second-order valence-electron chi connectivity index (χ2n) is 8.22. The molecule has 0 aromatic heterocycles. The summed E-state index contributed by atoms with van der Waals surface area (Å²) in [5, 5.41) is 0.513. The number of sulfonamides is 1. The molecule has 172 valence electrons. The number of nitrogens with one attached hydrogen (secondary N) is 2. The van der Waals surface area contributed by atoms with Crippen LogP contribution in [0.15, 0.2) is 35.2 Å². The van der Waals surface area contributed by atoms with Gasteiger partial charge in [-0.1, -0.05) is 17.7 Å². The average molecular weight is 478 g/mol. The standard InChI is InChI=1S/C23H28ClN3O4S/c1-14-13-15(2)17(4)21(16(14)3)32(30,31)27-11-9-19(10-12-27)23(29)26-25-22(28)18-5-7-20(24)8-6-18/h5-8,13,19H,9-12H2,1-4H3,(H,25,28)(H,26,29). The van der Waals surface area contributed by atoms with Crippen LogP contribution in [0.1, 0.15) is 45.5 Å².